The number of fused-ring (bicyclic) bond motifs is 2. The lowest BCUT2D eigenvalue weighted by atomic mass is 9.76. The van der Waals surface area contributed by atoms with E-state index in [0.717, 1.165) is 26.1 Å². The van der Waals surface area contributed by atoms with Gasteiger partial charge in [-0.25, -0.2) is 12.7 Å². The molecule has 3 heterocycles. The molecule has 1 aromatic heterocycles. The van der Waals surface area contributed by atoms with Crippen molar-refractivity contribution in [3.8, 4) is 0 Å². The van der Waals surface area contributed by atoms with E-state index in [2.05, 4.69) is 35.2 Å². The minimum absolute atomic E-state index is 0.0147. The maximum atomic E-state index is 11.9. The molecule has 0 saturated carbocycles. The molecule has 0 bridgehead atoms. The van der Waals surface area contributed by atoms with Gasteiger partial charge in [0.1, 0.15) is 0 Å². The molecule has 136 valence electrons. The van der Waals surface area contributed by atoms with Gasteiger partial charge in [-0.1, -0.05) is 18.2 Å². The molecule has 2 atom stereocenters. The van der Waals surface area contributed by atoms with Gasteiger partial charge in [0.25, 0.3) is 0 Å². The van der Waals surface area contributed by atoms with Crippen molar-refractivity contribution in [2.45, 2.75) is 25.0 Å². The highest BCUT2D eigenvalue weighted by Crippen LogP contribution is 2.37. The van der Waals surface area contributed by atoms with E-state index in [4.69, 9.17) is 0 Å². The zero-order valence-electron chi connectivity index (χ0n) is 14.4. The molecule has 2 aromatic rings. The summed E-state index contributed by atoms with van der Waals surface area (Å²) in [6.45, 7) is 3.34. The van der Waals surface area contributed by atoms with Crippen LogP contribution in [0, 0.1) is 5.92 Å². The van der Waals surface area contributed by atoms with Gasteiger partial charge in [-0.05, 0) is 30.4 Å². The molecule has 25 heavy (non-hydrogen) atoms. The van der Waals surface area contributed by atoms with Crippen LogP contribution in [0.1, 0.15) is 17.7 Å². The van der Waals surface area contributed by atoms with Gasteiger partial charge in [0.15, 0.2) is 0 Å². The molecule has 2 saturated heterocycles. The quantitative estimate of drug-likeness (QED) is 0.886. The summed E-state index contributed by atoms with van der Waals surface area (Å²) in [6, 6.07) is 10.6. The highest BCUT2D eigenvalue weighted by Gasteiger charge is 2.46. The van der Waals surface area contributed by atoms with Crippen molar-refractivity contribution >= 4 is 31.4 Å². The van der Waals surface area contributed by atoms with Gasteiger partial charge >= 0.3 is 0 Å². The topological polar surface area (TPSA) is 60.9 Å². The molecule has 0 radical (unpaired) electrons. The van der Waals surface area contributed by atoms with Crippen LogP contribution in [0.4, 0.5) is 0 Å². The zero-order chi connectivity index (χ0) is 17.7. The summed E-state index contributed by atoms with van der Waals surface area (Å²) >= 11 is 1.81. The highest BCUT2D eigenvalue weighted by atomic mass is 32.2. The monoisotopic (exact) mass is 380 g/mol. The Morgan fingerprint density at radius 1 is 1.24 bits per heavy atom. The van der Waals surface area contributed by atoms with E-state index in [1.807, 2.05) is 11.3 Å². The second kappa shape index (κ2) is 6.32. The van der Waals surface area contributed by atoms with Gasteiger partial charge in [0.2, 0.25) is 10.0 Å². The summed E-state index contributed by atoms with van der Waals surface area (Å²) in [5.74, 6) is -0.0147. The van der Waals surface area contributed by atoms with E-state index in [1.54, 1.807) is 0 Å². The number of hydrogen-bond acceptors (Lipinski definition) is 5. The number of sulfonamides is 1. The molecule has 7 heteroatoms. The van der Waals surface area contributed by atoms with Gasteiger partial charge in [0.05, 0.1) is 11.9 Å². The molecule has 5 nitrogen and oxygen atoms in total. The lowest BCUT2D eigenvalue weighted by Crippen LogP contribution is -2.60. The predicted octanol–water partition coefficient (Wildman–Crippen LogP) is 2.12. The molecule has 2 fully saturated rings. The van der Waals surface area contributed by atoms with Crippen molar-refractivity contribution in [1.82, 2.24) is 9.21 Å². The molecule has 2 aliphatic heterocycles. The zero-order valence-corrected chi connectivity index (χ0v) is 16.0. The molecule has 0 spiro atoms. The van der Waals surface area contributed by atoms with Crippen LogP contribution < -0.4 is 0 Å². The minimum atomic E-state index is -3.19. The second-order valence-electron chi connectivity index (χ2n) is 7.41. The molecule has 0 amide bonds. The predicted molar refractivity (Wildman–Crippen MR) is 101 cm³/mol. The number of rotatable bonds is 3. The number of nitrogens with zero attached hydrogens (tertiary/aromatic N) is 2. The molecule has 0 unspecified atom stereocenters. The fourth-order valence-corrected chi connectivity index (χ4v) is 6.10. The first kappa shape index (κ1) is 17.4. The van der Waals surface area contributed by atoms with Gasteiger partial charge in [-0.3, -0.25) is 4.90 Å². The number of hydrogen-bond donors (Lipinski definition) is 1. The lowest BCUT2D eigenvalue weighted by molar-refractivity contribution is -0.102. The van der Waals surface area contributed by atoms with Crippen LogP contribution in [-0.2, 0) is 16.6 Å². The Kier molecular flexibility index (Phi) is 4.40. The number of thiophene rings is 1. The molecule has 0 aliphatic carbocycles. The van der Waals surface area contributed by atoms with E-state index >= 15 is 0 Å². The van der Waals surface area contributed by atoms with Crippen molar-refractivity contribution in [2.24, 2.45) is 5.92 Å². The second-order valence-corrected chi connectivity index (χ2v) is 10.6. The van der Waals surface area contributed by atoms with E-state index in [9.17, 15) is 13.5 Å². The maximum Gasteiger partial charge on any atom is 0.211 e. The fraction of sp³-hybridized carbons (Fsp3) is 0.556. The molecule has 1 aromatic carbocycles. The Morgan fingerprint density at radius 2 is 2.00 bits per heavy atom. The Bertz CT molecular complexity index is 846. The average molecular weight is 381 g/mol. The SMILES string of the molecule is CS(=O)(=O)N1CC[C@]2(O)CCN(Cc3cc4ccccc4s3)C[C@@H]2C1. The first-order valence-electron chi connectivity index (χ1n) is 8.71. The summed E-state index contributed by atoms with van der Waals surface area (Å²) in [5.41, 5.74) is -0.710. The van der Waals surface area contributed by atoms with Crippen LogP contribution in [-0.4, -0.2) is 60.8 Å². The van der Waals surface area contributed by atoms with E-state index in [1.165, 1.54) is 25.5 Å². The minimum Gasteiger partial charge on any atom is -0.389 e. The third-order valence-corrected chi connectivity index (χ3v) is 8.01. The van der Waals surface area contributed by atoms with Gasteiger partial charge in [0, 0.05) is 48.2 Å². The highest BCUT2D eigenvalue weighted by molar-refractivity contribution is 7.88. The fourth-order valence-electron chi connectivity index (χ4n) is 4.12. The number of likely N-dealkylation sites (tertiary alicyclic amines) is 1. The Balaban J connectivity index is 1.48. The summed E-state index contributed by atoms with van der Waals surface area (Å²) in [7, 11) is -3.19. The molecule has 2 aliphatic rings. The number of piperidine rings is 2. The van der Waals surface area contributed by atoms with Crippen LogP contribution in [0.5, 0.6) is 0 Å². The molecular weight excluding hydrogens is 356 g/mol. The van der Waals surface area contributed by atoms with Crippen LogP contribution in [0.15, 0.2) is 30.3 Å². The van der Waals surface area contributed by atoms with E-state index < -0.39 is 15.6 Å². The Labute approximate surface area is 152 Å². The van der Waals surface area contributed by atoms with Crippen LogP contribution in [0.25, 0.3) is 10.1 Å². The molecule has 4 rings (SSSR count). The van der Waals surface area contributed by atoms with E-state index in [0.29, 0.717) is 19.5 Å². The molecular formula is C18H24N2O3S2. The van der Waals surface area contributed by atoms with Crippen molar-refractivity contribution in [3.05, 3.63) is 35.2 Å². The number of aliphatic hydroxyl groups is 1. The summed E-state index contributed by atoms with van der Waals surface area (Å²) in [6.07, 6.45) is 2.52. The first-order valence-corrected chi connectivity index (χ1v) is 11.4. The molecule has 1 N–H and O–H groups in total. The first-order chi connectivity index (χ1) is 11.8. The van der Waals surface area contributed by atoms with Crippen molar-refractivity contribution in [1.29, 1.82) is 0 Å². The largest absolute Gasteiger partial charge is 0.389 e. The number of benzene rings is 1. The van der Waals surface area contributed by atoms with Gasteiger partial charge in [-0.15, -0.1) is 11.3 Å². The van der Waals surface area contributed by atoms with Crippen LogP contribution in [0.3, 0.4) is 0 Å². The summed E-state index contributed by atoms with van der Waals surface area (Å²) < 4.78 is 26.6. The lowest BCUT2D eigenvalue weighted by Gasteiger charge is -2.49. The van der Waals surface area contributed by atoms with Crippen LogP contribution in [0.2, 0.25) is 0 Å². The summed E-state index contributed by atoms with van der Waals surface area (Å²) in [5, 5.41) is 12.2. The smallest absolute Gasteiger partial charge is 0.211 e. The third-order valence-electron chi connectivity index (χ3n) is 5.64. The average Bonchev–Trinajstić information content (AvgIpc) is 2.96. The van der Waals surface area contributed by atoms with Crippen molar-refractivity contribution in [3.63, 3.8) is 0 Å². The Hall–Kier alpha value is -0.990. The summed E-state index contributed by atoms with van der Waals surface area (Å²) in [4.78, 5) is 3.68. The van der Waals surface area contributed by atoms with Crippen LogP contribution >= 0.6 is 11.3 Å². The van der Waals surface area contributed by atoms with Gasteiger partial charge < -0.3 is 5.11 Å². The normalized spacial score (nSPS) is 29.0. The maximum absolute atomic E-state index is 11.9. The van der Waals surface area contributed by atoms with E-state index in [-0.39, 0.29) is 5.92 Å². The standard InChI is InChI=1S/C18H24N2O3S2/c1-25(22,23)20-9-7-18(21)6-8-19(11-15(18)12-20)13-16-10-14-4-2-3-5-17(14)24-16/h2-5,10,15,21H,6-9,11-13H2,1H3/t15-,18-/m1/s1. The Morgan fingerprint density at radius 3 is 2.76 bits per heavy atom. The third kappa shape index (κ3) is 3.48. The van der Waals surface area contributed by atoms with Gasteiger partial charge in [-0.2, -0.15) is 0 Å². The van der Waals surface area contributed by atoms with Crippen molar-refractivity contribution < 1.29 is 13.5 Å². The van der Waals surface area contributed by atoms with Crippen molar-refractivity contribution in [2.75, 3.05) is 32.4 Å².